The topological polar surface area (TPSA) is 196 Å². The molecular formula is C26H21Li2N5O8S. The van der Waals surface area contributed by atoms with Crippen molar-refractivity contribution in [2.75, 3.05) is 19.5 Å². The van der Waals surface area contributed by atoms with Gasteiger partial charge in [0.05, 0.1) is 35.7 Å². The van der Waals surface area contributed by atoms with Crippen LogP contribution in [0.2, 0.25) is 0 Å². The first-order chi connectivity index (χ1) is 19.3. The molecule has 3 N–H and O–H groups in total. The van der Waals surface area contributed by atoms with Gasteiger partial charge in [-0.05, 0) is 42.6 Å². The molecule has 13 nitrogen and oxygen atoms in total. The van der Waals surface area contributed by atoms with Gasteiger partial charge in [-0.25, -0.2) is 0 Å². The minimum Gasteiger partial charge on any atom is -0.691 e. The maximum absolute atomic E-state index is 11.1. The van der Waals surface area contributed by atoms with Crippen molar-refractivity contribution in [1.82, 2.24) is 0 Å². The molecule has 206 valence electrons. The summed E-state index contributed by atoms with van der Waals surface area (Å²) in [6, 6.07) is 16.5. The van der Waals surface area contributed by atoms with Crippen molar-refractivity contribution in [2.45, 2.75) is 11.8 Å². The number of phenolic OH excluding ortho intramolecular Hbond substituents is 1. The summed E-state index contributed by atoms with van der Waals surface area (Å²) in [7, 11) is 1.40. The molecule has 0 saturated heterocycles. The van der Waals surface area contributed by atoms with Crippen LogP contribution in [0.25, 0.3) is 10.8 Å². The summed E-state index contributed by atoms with van der Waals surface area (Å²) in [4.78, 5) is 11.3. The van der Waals surface area contributed by atoms with Gasteiger partial charge in [-0.3, -0.25) is 5.04 Å². The van der Waals surface area contributed by atoms with Crippen LogP contribution in [0.1, 0.15) is 5.56 Å². The molecular weight excluding hydrogens is 556 g/mol. The number of ether oxygens (including phenoxy) is 2. The van der Waals surface area contributed by atoms with Crippen molar-refractivity contribution in [3.05, 3.63) is 66.2 Å². The average Bonchev–Trinajstić information content (AvgIpc) is 2.94. The number of carboxylic acid groups (broad SMARTS) is 1. The summed E-state index contributed by atoms with van der Waals surface area (Å²) in [5, 5.41) is 53.5. The zero-order valence-electron chi connectivity index (χ0n) is 23.1. The number of fused-ring (bicyclic) bond motifs is 1. The number of benzene rings is 4. The van der Waals surface area contributed by atoms with Gasteiger partial charge in [-0.1, -0.05) is 23.8 Å². The molecule has 0 spiro atoms. The van der Waals surface area contributed by atoms with E-state index in [4.69, 9.17) is 15.2 Å². The smallest absolute Gasteiger partial charge is 0.691 e. The fourth-order valence-electron chi connectivity index (χ4n) is 3.51. The number of carbonyl (C=O) groups is 1. The van der Waals surface area contributed by atoms with E-state index in [9.17, 15) is 20.3 Å². The van der Waals surface area contributed by atoms with E-state index in [-0.39, 0.29) is 76.9 Å². The quantitative estimate of drug-likeness (QED) is 0.0537. The zero-order valence-corrected chi connectivity index (χ0v) is 23.9. The van der Waals surface area contributed by atoms with Crippen LogP contribution in [0, 0.1) is 6.92 Å². The van der Waals surface area contributed by atoms with Crippen molar-refractivity contribution < 1.29 is 76.8 Å². The van der Waals surface area contributed by atoms with Crippen LogP contribution in [0.15, 0.2) is 86.0 Å². The molecule has 0 heterocycles. The van der Waals surface area contributed by atoms with E-state index in [2.05, 4.69) is 29.8 Å². The van der Waals surface area contributed by atoms with Crippen LogP contribution in [0.4, 0.5) is 28.4 Å². The normalized spacial score (nSPS) is 10.9. The van der Waals surface area contributed by atoms with E-state index in [0.29, 0.717) is 34.2 Å². The van der Waals surface area contributed by atoms with Gasteiger partial charge in [0, 0.05) is 23.2 Å². The minimum atomic E-state index is -1.47. The molecule has 4 rings (SSSR count). The Morgan fingerprint density at radius 1 is 0.952 bits per heavy atom. The van der Waals surface area contributed by atoms with E-state index >= 15 is 0 Å². The van der Waals surface area contributed by atoms with E-state index in [1.807, 2.05) is 19.1 Å². The summed E-state index contributed by atoms with van der Waals surface area (Å²) in [5.74, 6) is -1.60. The number of carbonyl (C=O) groups excluding carboxylic acids is 1. The number of hydrogen-bond acceptors (Lipinski definition) is 14. The number of nitrogen functional groups attached to an aromatic ring is 1. The molecule has 0 aliphatic carbocycles. The minimum absolute atomic E-state index is 0. The molecule has 0 radical (unpaired) electrons. The van der Waals surface area contributed by atoms with Crippen LogP contribution >= 0.6 is 12.0 Å². The van der Waals surface area contributed by atoms with Crippen molar-refractivity contribution in [1.29, 1.82) is 0 Å². The monoisotopic (exact) mass is 577 g/mol. The van der Waals surface area contributed by atoms with Gasteiger partial charge in [0.25, 0.3) is 0 Å². The number of anilines is 1. The molecule has 0 unspecified atom stereocenters. The van der Waals surface area contributed by atoms with Gasteiger partial charge in [0.2, 0.25) is 0 Å². The maximum atomic E-state index is 11.1. The van der Waals surface area contributed by atoms with E-state index in [1.165, 1.54) is 25.3 Å². The molecule has 0 saturated carbocycles. The molecule has 16 heteroatoms. The van der Waals surface area contributed by atoms with Crippen LogP contribution < -0.4 is 63.3 Å². The molecule has 0 aliphatic heterocycles. The van der Waals surface area contributed by atoms with Crippen molar-refractivity contribution in [2.24, 2.45) is 20.5 Å². The molecule has 0 fully saturated rings. The van der Waals surface area contributed by atoms with Gasteiger partial charge in [0.1, 0.15) is 35.2 Å². The number of hydrogen-bond donors (Lipinski definition) is 2. The Kier molecular flexibility index (Phi) is 13.3. The van der Waals surface area contributed by atoms with Gasteiger partial charge < -0.3 is 35.5 Å². The Balaban J connectivity index is 0.00000308. The molecule has 0 aromatic heterocycles. The van der Waals surface area contributed by atoms with Crippen LogP contribution in [-0.4, -0.2) is 24.8 Å². The van der Waals surface area contributed by atoms with Crippen LogP contribution in [-0.2, 0) is 14.2 Å². The zero-order chi connectivity index (χ0) is 28.6. The number of rotatable bonds is 11. The number of carboxylic acids is 1. The number of phenols is 1. The largest absolute Gasteiger partial charge is 1.00 e. The second-order valence-corrected chi connectivity index (χ2v) is 8.90. The van der Waals surface area contributed by atoms with Gasteiger partial charge in [-0.15, -0.1) is 15.3 Å². The molecule has 0 atom stereocenters. The summed E-state index contributed by atoms with van der Waals surface area (Å²) in [6.45, 7) is 1.15. The molecule has 4 aromatic rings. The molecule has 0 amide bonds. The van der Waals surface area contributed by atoms with Crippen LogP contribution in [0.3, 0.4) is 0 Å². The third kappa shape index (κ3) is 8.72. The summed E-state index contributed by atoms with van der Waals surface area (Å²) >= 11 is 0.500. The Hall–Kier alpha value is -3.57. The average molecular weight is 577 g/mol. The molecule has 0 bridgehead atoms. The maximum Gasteiger partial charge on any atom is 1.00 e. The molecule has 42 heavy (non-hydrogen) atoms. The van der Waals surface area contributed by atoms with Crippen molar-refractivity contribution >= 4 is 57.2 Å². The standard InChI is InChI=1S/C26H23N5O8S.2Li/c1-14-3-7-17(8-4-14)28-29-19-12-22(37-13-24(32)33)20(11-21(19)36-2)30-31-25-23(40-39-38-35)9-15-5-6-16(27)10-18(15)26(25)34;;/h3-12,34-35H,13,27H2,1-2H3,(H,32,33);;/q;2*+1/p-2. The number of azo groups is 2. The fourth-order valence-corrected chi connectivity index (χ4v) is 4.00. The number of aromatic hydroxyl groups is 1. The number of nitrogens with zero attached hydrogens (tertiary/aromatic N) is 4. The summed E-state index contributed by atoms with van der Waals surface area (Å²) in [5.41, 5.74) is 8.04. The van der Waals surface area contributed by atoms with E-state index < -0.39 is 12.6 Å². The second kappa shape index (κ2) is 16.2. The number of nitrogens with two attached hydrogens (primary N) is 1. The molecule has 4 aromatic carbocycles. The third-order valence-electron chi connectivity index (χ3n) is 5.40. The summed E-state index contributed by atoms with van der Waals surface area (Å²) < 4.78 is 15.2. The Bertz CT molecular complexity index is 1610. The predicted octanol–water partition coefficient (Wildman–Crippen LogP) is -1.36. The van der Waals surface area contributed by atoms with E-state index in [1.54, 1.807) is 30.3 Å². The number of aryl methyl sites for hydroxylation is 1. The first kappa shape index (κ1) is 34.6. The van der Waals surface area contributed by atoms with E-state index in [0.717, 1.165) is 5.56 Å². The first-order valence-electron chi connectivity index (χ1n) is 11.4. The SMILES string of the molecule is COc1cc(N=Nc2c(SOO[O-])cc3ccc(N)cc3c2O)c(OCC(=O)[O-])cc1N=Nc1ccc(C)cc1.[Li+].[Li+]. The third-order valence-corrected chi connectivity index (χ3v) is 6.01. The predicted molar refractivity (Wildman–Crippen MR) is 141 cm³/mol. The van der Waals surface area contributed by atoms with Gasteiger partial charge in [-0.2, -0.15) is 9.45 Å². The number of aliphatic carboxylic acids is 1. The van der Waals surface area contributed by atoms with Crippen LogP contribution in [0.5, 0.6) is 17.2 Å². The summed E-state index contributed by atoms with van der Waals surface area (Å²) in [6.07, 6.45) is 0. The fraction of sp³-hybridized carbons (Fsp3) is 0.115. The Labute approximate surface area is 268 Å². The first-order valence-corrected chi connectivity index (χ1v) is 12.2. The Morgan fingerprint density at radius 2 is 1.62 bits per heavy atom. The van der Waals surface area contributed by atoms with Crippen molar-refractivity contribution in [3.63, 3.8) is 0 Å². The van der Waals surface area contributed by atoms with Crippen molar-refractivity contribution in [3.8, 4) is 17.2 Å². The second-order valence-electron chi connectivity index (χ2n) is 8.16. The van der Waals surface area contributed by atoms with Gasteiger partial charge >= 0.3 is 37.7 Å². The number of methoxy groups -OCH3 is 1. The Morgan fingerprint density at radius 3 is 2.29 bits per heavy atom. The van der Waals surface area contributed by atoms with Gasteiger partial charge in [0.15, 0.2) is 5.75 Å². The molecule has 0 aliphatic rings.